The highest BCUT2D eigenvalue weighted by molar-refractivity contribution is 7.80. The highest BCUT2D eigenvalue weighted by atomic mass is 35.5. The van der Waals surface area contributed by atoms with Crippen LogP contribution in [0.4, 0.5) is 5.69 Å². The minimum Gasteiger partial charge on any atom is -0.493 e. The van der Waals surface area contributed by atoms with Crippen molar-refractivity contribution in [3.8, 4) is 17.2 Å². The molecule has 2 rings (SSSR count). The number of benzene rings is 2. The molecule has 0 aliphatic rings. The van der Waals surface area contributed by atoms with Crippen molar-refractivity contribution in [2.45, 2.75) is 6.92 Å². The number of amides is 1. The Balaban J connectivity index is 2.19. The molecule has 0 heterocycles. The Labute approximate surface area is 162 Å². The fourth-order valence-electron chi connectivity index (χ4n) is 2.27. The smallest absolute Gasteiger partial charge is 0.257 e. The molecule has 138 valence electrons. The van der Waals surface area contributed by atoms with Gasteiger partial charge in [0.1, 0.15) is 0 Å². The molecule has 0 aliphatic carbocycles. The van der Waals surface area contributed by atoms with Gasteiger partial charge >= 0.3 is 0 Å². The molecule has 0 bridgehead atoms. The number of carbonyl (C=O) groups is 1. The molecule has 2 N–H and O–H groups in total. The molecule has 2 aromatic carbocycles. The van der Waals surface area contributed by atoms with E-state index in [9.17, 15) is 4.79 Å². The number of carbonyl (C=O) groups excluding carboxylic acids is 1. The third kappa shape index (κ3) is 4.56. The Morgan fingerprint density at radius 2 is 1.65 bits per heavy atom. The van der Waals surface area contributed by atoms with Gasteiger partial charge in [-0.25, -0.2) is 0 Å². The second kappa shape index (κ2) is 8.73. The highest BCUT2D eigenvalue weighted by Crippen LogP contribution is 2.38. The Kier molecular flexibility index (Phi) is 6.65. The van der Waals surface area contributed by atoms with Gasteiger partial charge in [0.2, 0.25) is 5.75 Å². The topological polar surface area (TPSA) is 68.8 Å². The van der Waals surface area contributed by atoms with E-state index in [2.05, 4.69) is 10.6 Å². The lowest BCUT2D eigenvalue weighted by molar-refractivity contribution is 0.0977. The fourth-order valence-corrected chi connectivity index (χ4v) is 2.64. The van der Waals surface area contributed by atoms with Gasteiger partial charge in [0, 0.05) is 16.3 Å². The monoisotopic (exact) mass is 394 g/mol. The fraction of sp³-hybridized carbons (Fsp3) is 0.222. The zero-order valence-corrected chi connectivity index (χ0v) is 16.4. The van der Waals surface area contributed by atoms with E-state index >= 15 is 0 Å². The lowest BCUT2D eigenvalue weighted by Gasteiger charge is -2.15. The second-order valence-corrected chi connectivity index (χ2v) is 6.13. The summed E-state index contributed by atoms with van der Waals surface area (Å²) in [5.41, 5.74) is 1.97. The number of hydrogen-bond donors (Lipinski definition) is 2. The van der Waals surface area contributed by atoms with Crippen molar-refractivity contribution < 1.29 is 19.0 Å². The SMILES string of the molecule is COc1cc(C(=O)NC(=S)Nc2cc(Cl)ccc2C)cc(OC)c1OC. The van der Waals surface area contributed by atoms with Gasteiger partial charge in [0.15, 0.2) is 16.6 Å². The van der Waals surface area contributed by atoms with Crippen molar-refractivity contribution in [1.29, 1.82) is 0 Å². The van der Waals surface area contributed by atoms with E-state index in [0.29, 0.717) is 33.5 Å². The van der Waals surface area contributed by atoms with E-state index in [1.165, 1.54) is 21.3 Å². The van der Waals surface area contributed by atoms with E-state index in [-0.39, 0.29) is 5.11 Å². The summed E-state index contributed by atoms with van der Waals surface area (Å²) in [5, 5.41) is 6.29. The van der Waals surface area contributed by atoms with E-state index in [0.717, 1.165) is 5.56 Å². The van der Waals surface area contributed by atoms with E-state index < -0.39 is 5.91 Å². The molecular formula is C18H19ClN2O4S. The first-order valence-corrected chi connectivity index (χ1v) is 8.36. The maximum atomic E-state index is 12.5. The lowest BCUT2D eigenvalue weighted by atomic mass is 10.1. The first-order valence-electron chi connectivity index (χ1n) is 7.58. The van der Waals surface area contributed by atoms with Crippen LogP contribution in [0, 0.1) is 6.92 Å². The number of aryl methyl sites for hydroxylation is 1. The van der Waals surface area contributed by atoms with Crippen LogP contribution in [0.5, 0.6) is 17.2 Å². The zero-order chi connectivity index (χ0) is 19.3. The number of nitrogens with one attached hydrogen (secondary N) is 2. The number of methoxy groups -OCH3 is 3. The molecule has 0 saturated heterocycles. The van der Waals surface area contributed by atoms with Crippen LogP contribution in [-0.4, -0.2) is 32.3 Å². The van der Waals surface area contributed by atoms with Gasteiger partial charge in [-0.15, -0.1) is 0 Å². The Morgan fingerprint density at radius 1 is 1.04 bits per heavy atom. The molecule has 6 nitrogen and oxygen atoms in total. The standard InChI is InChI=1S/C18H19ClN2O4S/c1-10-5-6-12(19)9-13(10)20-18(26)21-17(22)11-7-14(23-2)16(25-4)15(8-11)24-3/h5-9H,1-4H3,(H2,20,21,22,26). The number of hydrogen-bond acceptors (Lipinski definition) is 5. The molecule has 0 aromatic heterocycles. The molecule has 0 aliphatic heterocycles. The first kappa shape index (κ1) is 19.8. The Morgan fingerprint density at radius 3 is 2.19 bits per heavy atom. The third-order valence-electron chi connectivity index (χ3n) is 3.60. The summed E-state index contributed by atoms with van der Waals surface area (Å²) >= 11 is 11.2. The predicted octanol–water partition coefficient (Wildman–Crippen LogP) is 3.80. The number of anilines is 1. The van der Waals surface area contributed by atoms with Gasteiger partial charge < -0.3 is 19.5 Å². The van der Waals surface area contributed by atoms with Crippen LogP contribution in [0.2, 0.25) is 5.02 Å². The van der Waals surface area contributed by atoms with Crippen molar-refractivity contribution in [3.63, 3.8) is 0 Å². The molecule has 0 radical (unpaired) electrons. The van der Waals surface area contributed by atoms with Gasteiger partial charge in [0.05, 0.1) is 21.3 Å². The molecule has 0 fully saturated rings. The average molecular weight is 395 g/mol. The summed E-state index contributed by atoms with van der Waals surface area (Å²) in [6.07, 6.45) is 0. The van der Waals surface area contributed by atoms with Crippen LogP contribution in [0.15, 0.2) is 30.3 Å². The summed E-state index contributed by atoms with van der Waals surface area (Å²) in [6, 6.07) is 8.45. The molecule has 8 heteroatoms. The van der Waals surface area contributed by atoms with E-state index in [1.54, 1.807) is 24.3 Å². The van der Waals surface area contributed by atoms with Crippen LogP contribution < -0.4 is 24.8 Å². The highest BCUT2D eigenvalue weighted by Gasteiger charge is 2.17. The maximum Gasteiger partial charge on any atom is 0.257 e. The zero-order valence-electron chi connectivity index (χ0n) is 14.8. The normalized spacial score (nSPS) is 10.0. The molecule has 0 unspecified atom stereocenters. The Bertz CT molecular complexity index is 817. The summed E-state index contributed by atoms with van der Waals surface area (Å²) in [5.74, 6) is 0.742. The molecule has 1 amide bonds. The molecular weight excluding hydrogens is 376 g/mol. The maximum absolute atomic E-state index is 12.5. The largest absolute Gasteiger partial charge is 0.493 e. The molecule has 0 spiro atoms. The van der Waals surface area contributed by atoms with E-state index in [4.69, 9.17) is 38.0 Å². The van der Waals surface area contributed by atoms with Crippen molar-refractivity contribution >= 4 is 40.5 Å². The van der Waals surface area contributed by atoms with Crippen molar-refractivity contribution in [3.05, 3.63) is 46.5 Å². The third-order valence-corrected chi connectivity index (χ3v) is 4.04. The van der Waals surface area contributed by atoms with Crippen LogP contribution in [-0.2, 0) is 0 Å². The van der Waals surface area contributed by atoms with Crippen LogP contribution in [0.25, 0.3) is 0 Å². The van der Waals surface area contributed by atoms with Crippen molar-refractivity contribution in [2.75, 3.05) is 26.6 Å². The summed E-state index contributed by atoms with van der Waals surface area (Å²) < 4.78 is 15.7. The molecule has 0 atom stereocenters. The minimum absolute atomic E-state index is 0.147. The van der Waals surface area contributed by atoms with Gasteiger partial charge in [0.25, 0.3) is 5.91 Å². The first-order chi connectivity index (χ1) is 12.4. The van der Waals surface area contributed by atoms with E-state index in [1.807, 2.05) is 13.0 Å². The quantitative estimate of drug-likeness (QED) is 0.752. The average Bonchev–Trinajstić information content (AvgIpc) is 2.63. The van der Waals surface area contributed by atoms with Gasteiger partial charge in [-0.2, -0.15) is 0 Å². The van der Waals surface area contributed by atoms with Crippen LogP contribution in [0.3, 0.4) is 0 Å². The number of thiocarbonyl (C=S) groups is 1. The molecule has 26 heavy (non-hydrogen) atoms. The van der Waals surface area contributed by atoms with Crippen LogP contribution >= 0.6 is 23.8 Å². The number of rotatable bonds is 5. The van der Waals surface area contributed by atoms with Gasteiger partial charge in [-0.05, 0) is 49.0 Å². The van der Waals surface area contributed by atoms with Gasteiger partial charge in [-0.3, -0.25) is 10.1 Å². The lowest BCUT2D eigenvalue weighted by Crippen LogP contribution is -2.34. The summed E-state index contributed by atoms with van der Waals surface area (Å²) in [4.78, 5) is 12.5. The number of ether oxygens (including phenoxy) is 3. The van der Waals surface area contributed by atoms with Crippen LogP contribution in [0.1, 0.15) is 15.9 Å². The summed E-state index contributed by atoms with van der Waals surface area (Å²) in [7, 11) is 4.45. The molecule has 0 saturated carbocycles. The Hall–Kier alpha value is -2.51. The second-order valence-electron chi connectivity index (χ2n) is 5.28. The van der Waals surface area contributed by atoms with Crippen molar-refractivity contribution in [1.82, 2.24) is 5.32 Å². The molecule has 2 aromatic rings. The predicted molar refractivity (Wildman–Crippen MR) is 106 cm³/mol. The summed E-state index contributed by atoms with van der Waals surface area (Å²) in [6.45, 7) is 1.91. The number of halogens is 1. The minimum atomic E-state index is -0.415. The van der Waals surface area contributed by atoms with Gasteiger partial charge in [-0.1, -0.05) is 17.7 Å². The van der Waals surface area contributed by atoms with Crippen molar-refractivity contribution in [2.24, 2.45) is 0 Å².